The van der Waals surface area contributed by atoms with E-state index in [0.717, 1.165) is 44.5 Å². The predicted octanol–water partition coefficient (Wildman–Crippen LogP) is 13.4. The third-order valence-corrected chi connectivity index (χ3v) is 15.9. The van der Waals surface area contributed by atoms with Gasteiger partial charge in [-0.25, -0.2) is 9.59 Å². The van der Waals surface area contributed by atoms with Crippen LogP contribution in [0.5, 0.6) is 0 Å². The first-order valence-corrected chi connectivity index (χ1v) is 25.9. The van der Waals surface area contributed by atoms with Crippen LogP contribution in [-0.4, -0.2) is 75.3 Å². The molecule has 0 spiro atoms. The van der Waals surface area contributed by atoms with Crippen molar-refractivity contribution in [3.05, 3.63) is 162 Å². The molecule has 12 nitrogen and oxygen atoms in total. The van der Waals surface area contributed by atoms with Crippen LogP contribution in [0.3, 0.4) is 0 Å². The number of fused-ring (bicyclic) bond motifs is 2. The molecule has 3 N–H and O–H groups in total. The van der Waals surface area contributed by atoms with Gasteiger partial charge in [-0.3, -0.25) is 24.3 Å². The van der Waals surface area contributed by atoms with Crippen molar-refractivity contribution in [3.8, 4) is 22.3 Å². The Morgan fingerprint density at radius 3 is 1.40 bits per heavy atom. The topological polar surface area (TPSA) is 133 Å². The summed E-state index contributed by atoms with van der Waals surface area (Å²) in [6.07, 6.45) is 0. The van der Waals surface area contributed by atoms with Crippen molar-refractivity contribution in [2.45, 2.75) is 44.8 Å². The van der Waals surface area contributed by atoms with Crippen LogP contribution in [0.15, 0.2) is 109 Å². The number of hydrogen-bond donors (Lipinski definition) is 3. The summed E-state index contributed by atoms with van der Waals surface area (Å²) in [6.45, 7) is 7.21. The van der Waals surface area contributed by atoms with E-state index in [1.165, 1.54) is 24.0 Å². The molecule has 2 saturated heterocycles. The van der Waals surface area contributed by atoms with E-state index in [-0.39, 0.29) is 53.7 Å². The molecule has 2 fully saturated rings. The molecule has 0 saturated carbocycles. The van der Waals surface area contributed by atoms with E-state index in [4.69, 9.17) is 79.1 Å². The standard InChI is InChI=1S/C29H28Cl3N3O3.C26H22Cl3N3O3/c1-16(2)34-14-21(22(15-34)28(36)38-3)17-11-19(18-7-4-5-8-23(18)30)20-13-33-29(37)35(26(20)12-17)27-24(31)9-6-10-25(27)32;1-35-25(33)19-12-30-11-17(19)14-9-16(15-5-2-3-6-20(15)27)18-13-31-26(34)32(23(18)10-14)24-21(28)7-4-8-22(24)29/h4-12,16,21-22H,13-15H2,1-3H3,(H,33,37);2-10,17,19,30H,11-13H2,1H3,(H,31,34)/t21?,22-;17?,19-/m00/s1. The Kier molecular flexibility index (Phi) is 15.9. The van der Waals surface area contributed by atoms with Crippen LogP contribution < -0.4 is 25.8 Å². The monoisotopic (exact) mass is 1100 g/mol. The molecule has 6 aromatic rings. The summed E-state index contributed by atoms with van der Waals surface area (Å²) in [5.41, 5.74) is 9.06. The molecule has 73 heavy (non-hydrogen) atoms. The third kappa shape index (κ3) is 10.2. The number of carbonyl (C=O) groups is 4. The minimum absolute atomic E-state index is 0.148. The van der Waals surface area contributed by atoms with Crippen LogP contribution in [0.25, 0.3) is 22.3 Å². The summed E-state index contributed by atoms with van der Waals surface area (Å²) < 4.78 is 10.3. The van der Waals surface area contributed by atoms with Crippen LogP contribution in [0.4, 0.5) is 32.3 Å². The molecule has 378 valence electrons. The number of benzene rings is 6. The van der Waals surface area contributed by atoms with Gasteiger partial charge in [0.1, 0.15) is 0 Å². The van der Waals surface area contributed by atoms with Gasteiger partial charge in [0.25, 0.3) is 0 Å². The number of halogens is 6. The van der Waals surface area contributed by atoms with Crippen molar-refractivity contribution in [1.29, 1.82) is 0 Å². The number of urea groups is 2. The summed E-state index contributed by atoms with van der Waals surface area (Å²) in [5.74, 6) is -1.53. The Morgan fingerprint density at radius 2 is 0.959 bits per heavy atom. The van der Waals surface area contributed by atoms with E-state index in [2.05, 4.69) is 46.8 Å². The van der Waals surface area contributed by atoms with Crippen LogP contribution in [0, 0.1) is 11.8 Å². The number of methoxy groups -OCH3 is 2. The van der Waals surface area contributed by atoms with Crippen LogP contribution in [-0.2, 0) is 32.2 Å². The molecule has 4 heterocycles. The first-order valence-electron chi connectivity index (χ1n) is 23.6. The highest BCUT2D eigenvalue weighted by Gasteiger charge is 2.42. The lowest BCUT2D eigenvalue weighted by atomic mass is 9.84. The molecule has 18 heteroatoms. The number of rotatable bonds is 9. The zero-order chi connectivity index (χ0) is 51.8. The van der Waals surface area contributed by atoms with Gasteiger partial charge in [0.05, 0.1) is 68.9 Å². The lowest BCUT2D eigenvalue weighted by molar-refractivity contribution is -0.146. The maximum atomic E-state index is 13.4. The second kappa shape index (κ2) is 22.1. The Hall–Kier alpha value is -5.54. The highest BCUT2D eigenvalue weighted by Crippen LogP contribution is 2.49. The molecule has 6 aromatic carbocycles. The molecule has 0 aromatic heterocycles. The van der Waals surface area contributed by atoms with Gasteiger partial charge in [-0.2, -0.15) is 0 Å². The molecule has 0 bridgehead atoms. The van der Waals surface area contributed by atoms with Gasteiger partial charge < -0.3 is 25.4 Å². The van der Waals surface area contributed by atoms with Crippen LogP contribution >= 0.6 is 69.6 Å². The Bertz CT molecular complexity index is 3120. The fourth-order valence-electron chi connectivity index (χ4n) is 10.4. The second-order valence-corrected chi connectivity index (χ2v) is 20.8. The van der Waals surface area contributed by atoms with Crippen LogP contribution in [0.2, 0.25) is 30.1 Å². The zero-order valence-corrected chi connectivity index (χ0v) is 44.6. The fraction of sp³-hybridized carbons (Fsp3) is 0.273. The summed E-state index contributed by atoms with van der Waals surface area (Å²) in [4.78, 5) is 57.3. The fourth-order valence-corrected chi connectivity index (χ4v) is 12.0. The summed E-state index contributed by atoms with van der Waals surface area (Å²) in [6, 6.07) is 33.1. The second-order valence-electron chi connectivity index (χ2n) is 18.4. The molecule has 4 aliphatic rings. The van der Waals surface area contributed by atoms with E-state index in [0.29, 0.717) is 92.2 Å². The number of amides is 4. The SMILES string of the molecule is COC(=O)[C@H]1CN(C(C)C)CC1c1cc(-c2ccccc2Cl)c2c(c1)N(c1c(Cl)cccc1Cl)C(=O)NC2.COC(=O)[C@H]1CNCC1c1cc(-c2ccccc2Cl)c2c(c1)N(c1c(Cl)cccc1Cl)C(=O)NC2. The molecule has 4 amide bonds. The van der Waals surface area contributed by atoms with Gasteiger partial charge in [0, 0.05) is 89.4 Å². The van der Waals surface area contributed by atoms with Gasteiger partial charge >= 0.3 is 24.0 Å². The maximum Gasteiger partial charge on any atom is 0.326 e. The van der Waals surface area contributed by atoms with Gasteiger partial charge in [0.15, 0.2) is 0 Å². The molecule has 2 unspecified atom stereocenters. The minimum atomic E-state index is -0.355. The minimum Gasteiger partial charge on any atom is -0.469 e. The number of para-hydroxylation sites is 2. The average molecular weight is 1100 g/mol. The van der Waals surface area contributed by atoms with Gasteiger partial charge in [0.2, 0.25) is 0 Å². The molecule has 0 aliphatic carbocycles. The number of likely N-dealkylation sites (tertiary alicyclic amines) is 1. The van der Waals surface area contributed by atoms with Crippen molar-refractivity contribution in [3.63, 3.8) is 0 Å². The first-order chi connectivity index (χ1) is 35.1. The summed E-state index contributed by atoms with van der Waals surface area (Å²) in [5, 5.41) is 11.8. The lowest BCUT2D eigenvalue weighted by Gasteiger charge is -2.34. The Balaban J connectivity index is 0.000000180. The number of hydrogen-bond acceptors (Lipinski definition) is 8. The molecule has 10 rings (SSSR count). The van der Waals surface area contributed by atoms with Crippen molar-refractivity contribution >= 4 is 116 Å². The van der Waals surface area contributed by atoms with E-state index in [9.17, 15) is 19.2 Å². The highest BCUT2D eigenvalue weighted by molar-refractivity contribution is 6.41. The van der Waals surface area contributed by atoms with Crippen molar-refractivity contribution in [2.24, 2.45) is 11.8 Å². The molecule has 4 aliphatic heterocycles. The van der Waals surface area contributed by atoms with Gasteiger partial charge in [-0.1, -0.05) is 130 Å². The number of ether oxygens (including phenoxy) is 2. The normalized spacial score (nSPS) is 19.4. The molecule has 4 atom stereocenters. The molecule has 0 radical (unpaired) electrons. The highest BCUT2D eigenvalue weighted by atomic mass is 35.5. The molecular weight excluding hydrogens is 1050 g/mol. The zero-order valence-electron chi connectivity index (χ0n) is 40.1. The summed E-state index contributed by atoms with van der Waals surface area (Å²) >= 11 is 39.5. The van der Waals surface area contributed by atoms with E-state index in [1.54, 1.807) is 36.4 Å². The third-order valence-electron chi connectivity index (χ3n) is 14.0. The van der Waals surface area contributed by atoms with Crippen molar-refractivity contribution in [2.75, 3.05) is 50.2 Å². The summed E-state index contributed by atoms with van der Waals surface area (Å²) in [7, 11) is 2.82. The van der Waals surface area contributed by atoms with Crippen molar-refractivity contribution in [1.82, 2.24) is 20.9 Å². The first kappa shape index (κ1) is 52.3. The van der Waals surface area contributed by atoms with Gasteiger partial charge in [-0.15, -0.1) is 0 Å². The van der Waals surface area contributed by atoms with E-state index in [1.807, 2.05) is 60.7 Å². The van der Waals surface area contributed by atoms with Crippen molar-refractivity contribution < 1.29 is 28.7 Å². The number of nitrogens with one attached hydrogen (secondary N) is 3. The van der Waals surface area contributed by atoms with E-state index < -0.39 is 0 Å². The van der Waals surface area contributed by atoms with Gasteiger partial charge in [-0.05, 0) is 84.6 Å². The average Bonchev–Trinajstić information content (AvgIpc) is 4.07. The van der Waals surface area contributed by atoms with E-state index >= 15 is 0 Å². The quantitative estimate of drug-likeness (QED) is 0.122. The number of esters is 2. The molecular formula is C55H50Cl6N6O6. The van der Waals surface area contributed by atoms with Crippen LogP contribution in [0.1, 0.15) is 47.9 Å². The number of carbonyl (C=O) groups excluding carboxylic acids is 4. The number of nitrogens with zero attached hydrogens (tertiary/aromatic N) is 3. The maximum absolute atomic E-state index is 13.4. The smallest absolute Gasteiger partial charge is 0.326 e. The Morgan fingerprint density at radius 1 is 0.534 bits per heavy atom. The number of anilines is 4. The predicted molar refractivity (Wildman–Crippen MR) is 292 cm³/mol. The lowest BCUT2D eigenvalue weighted by Crippen LogP contribution is -2.42. The Labute approximate surface area is 453 Å². The largest absolute Gasteiger partial charge is 0.469 e.